The maximum atomic E-state index is 11.7. The van der Waals surface area contributed by atoms with Crippen molar-refractivity contribution in [2.45, 2.75) is 39.1 Å². The molecule has 2 N–H and O–H groups in total. The van der Waals surface area contributed by atoms with Gasteiger partial charge in [0.1, 0.15) is 12.5 Å². The van der Waals surface area contributed by atoms with E-state index in [4.69, 9.17) is 8.37 Å². The van der Waals surface area contributed by atoms with Crippen LogP contribution >= 0.6 is 0 Å². The summed E-state index contributed by atoms with van der Waals surface area (Å²) in [5.74, 6) is 0. The van der Waals surface area contributed by atoms with E-state index in [-0.39, 0.29) is 0 Å². The molecule has 0 saturated carbocycles. The summed E-state index contributed by atoms with van der Waals surface area (Å²) in [4.78, 5) is 0. The Labute approximate surface area is 116 Å². The van der Waals surface area contributed by atoms with Crippen LogP contribution in [0.1, 0.15) is 26.7 Å². The first-order chi connectivity index (χ1) is 8.99. The van der Waals surface area contributed by atoms with Crippen molar-refractivity contribution < 1.29 is 16.8 Å². The Hall–Kier alpha value is -0.730. The molecule has 0 radical (unpaired) electrons. The van der Waals surface area contributed by atoms with Crippen molar-refractivity contribution in [3.05, 3.63) is 25.3 Å². The summed E-state index contributed by atoms with van der Waals surface area (Å²) in [5.41, 5.74) is 0. The Kier molecular flexibility index (Phi) is 9.72. The summed E-state index contributed by atoms with van der Waals surface area (Å²) in [5, 5.41) is 5.75. The first kappa shape index (κ1) is 18.3. The molecule has 0 aliphatic rings. The highest BCUT2D eigenvalue weighted by Crippen LogP contribution is 2.07. The molecule has 2 atom stereocenters. The molecule has 0 spiro atoms. The van der Waals surface area contributed by atoms with Gasteiger partial charge in [-0.3, -0.25) is 10.6 Å². The minimum absolute atomic E-state index is 0.458. The van der Waals surface area contributed by atoms with Gasteiger partial charge in [-0.1, -0.05) is 26.0 Å². The molecule has 0 saturated heterocycles. The van der Waals surface area contributed by atoms with Crippen LogP contribution in [-0.2, 0) is 18.8 Å². The highest BCUT2D eigenvalue weighted by molar-refractivity contribution is 7.81. The first-order valence-corrected chi connectivity index (χ1v) is 7.62. The Morgan fingerprint density at radius 1 is 1.00 bits per heavy atom. The summed E-state index contributed by atoms with van der Waals surface area (Å²) in [7, 11) is -4.06. The van der Waals surface area contributed by atoms with Gasteiger partial charge in [0.25, 0.3) is 0 Å². The zero-order valence-corrected chi connectivity index (χ0v) is 12.4. The molecule has 0 aromatic heterocycles. The lowest BCUT2D eigenvalue weighted by Crippen LogP contribution is -2.38. The van der Waals surface area contributed by atoms with Gasteiger partial charge < -0.3 is 0 Å². The minimum atomic E-state index is -4.06. The lowest BCUT2D eigenvalue weighted by atomic mass is 10.4. The van der Waals surface area contributed by atoms with Gasteiger partial charge in [0.05, 0.1) is 0 Å². The number of nitrogens with one attached hydrogen (secondary N) is 2. The molecule has 7 heteroatoms. The second-order valence-corrected chi connectivity index (χ2v) is 4.99. The van der Waals surface area contributed by atoms with Gasteiger partial charge in [-0.15, -0.1) is 13.2 Å². The van der Waals surface area contributed by atoms with Crippen molar-refractivity contribution in [2.75, 3.05) is 13.1 Å². The third kappa shape index (κ3) is 8.90. The molecule has 0 heterocycles. The molecule has 0 aromatic carbocycles. The lowest BCUT2D eigenvalue weighted by Gasteiger charge is -2.20. The standard InChI is InChI=1S/C12H24N2O4S/c1-5-9-13-11(7-3)17-19(15,16)18-12(8-4)14-10-6-2/h5-6,11-14H,1-2,7-10H2,3-4H3. The zero-order chi connectivity index (χ0) is 14.7. The normalized spacial score (nSPS) is 14.8. The van der Waals surface area contributed by atoms with Crippen LogP contribution in [0.15, 0.2) is 25.3 Å². The molecule has 6 nitrogen and oxygen atoms in total. The van der Waals surface area contributed by atoms with Gasteiger partial charge >= 0.3 is 10.4 Å². The van der Waals surface area contributed by atoms with Crippen molar-refractivity contribution in [1.29, 1.82) is 0 Å². The van der Waals surface area contributed by atoms with E-state index in [1.807, 2.05) is 13.8 Å². The fourth-order valence-electron chi connectivity index (χ4n) is 1.23. The Bertz CT molecular complexity index is 329. The SMILES string of the molecule is C=CCNC(CC)OS(=O)(=O)OC(CC)NCC=C. The molecule has 0 aliphatic heterocycles. The van der Waals surface area contributed by atoms with E-state index in [0.29, 0.717) is 25.9 Å². The van der Waals surface area contributed by atoms with E-state index in [0.717, 1.165) is 0 Å². The average Bonchev–Trinajstić information content (AvgIpc) is 2.39. The topological polar surface area (TPSA) is 76.7 Å². The highest BCUT2D eigenvalue weighted by Gasteiger charge is 2.22. The van der Waals surface area contributed by atoms with E-state index < -0.39 is 22.9 Å². The number of hydrogen-bond acceptors (Lipinski definition) is 6. The second-order valence-electron chi connectivity index (χ2n) is 3.79. The molecule has 0 bridgehead atoms. The minimum Gasteiger partial charge on any atom is -0.287 e. The van der Waals surface area contributed by atoms with Crippen molar-refractivity contribution in [2.24, 2.45) is 0 Å². The highest BCUT2D eigenvalue weighted by atomic mass is 32.3. The molecule has 0 aromatic rings. The zero-order valence-electron chi connectivity index (χ0n) is 11.6. The summed E-state index contributed by atoms with van der Waals surface area (Å²) < 4.78 is 33.3. The van der Waals surface area contributed by atoms with Crippen LogP contribution in [0.25, 0.3) is 0 Å². The van der Waals surface area contributed by atoms with Gasteiger partial charge in [-0.05, 0) is 12.8 Å². The molecule has 0 fully saturated rings. The van der Waals surface area contributed by atoms with Crippen LogP contribution < -0.4 is 10.6 Å². The Morgan fingerprint density at radius 2 is 1.37 bits per heavy atom. The summed E-state index contributed by atoms with van der Waals surface area (Å²) >= 11 is 0. The molecule has 0 aliphatic carbocycles. The first-order valence-electron chi connectivity index (χ1n) is 6.29. The van der Waals surface area contributed by atoms with E-state index in [2.05, 4.69) is 23.8 Å². The lowest BCUT2D eigenvalue weighted by molar-refractivity contribution is 0.0924. The van der Waals surface area contributed by atoms with Crippen molar-refractivity contribution in [3.8, 4) is 0 Å². The maximum absolute atomic E-state index is 11.7. The number of rotatable bonds is 12. The van der Waals surface area contributed by atoms with Crippen LogP contribution in [0, 0.1) is 0 Å². The van der Waals surface area contributed by atoms with Gasteiger partial charge in [-0.2, -0.15) is 8.42 Å². The number of hydrogen-bond donors (Lipinski definition) is 2. The third-order valence-electron chi connectivity index (χ3n) is 2.19. The van der Waals surface area contributed by atoms with Crippen molar-refractivity contribution in [1.82, 2.24) is 10.6 Å². The van der Waals surface area contributed by atoms with Gasteiger partial charge in [0.2, 0.25) is 0 Å². The van der Waals surface area contributed by atoms with Crippen molar-refractivity contribution in [3.63, 3.8) is 0 Å². The van der Waals surface area contributed by atoms with Gasteiger partial charge in [-0.25, -0.2) is 8.37 Å². The van der Waals surface area contributed by atoms with E-state index in [1.54, 1.807) is 12.2 Å². The Morgan fingerprint density at radius 3 is 1.63 bits per heavy atom. The summed E-state index contributed by atoms with van der Waals surface area (Å²) in [6.07, 6.45) is 2.99. The van der Waals surface area contributed by atoms with Crippen LogP contribution in [-0.4, -0.2) is 34.0 Å². The largest absolute Gasteiger partial charge is 0.402 e. The van der Waals surface area contributed by atoms with Gasteiger partial charge in [0.15, 0.2) is 0 Å². The van der Waals surface area contributed by atoms with E-state index in [9.17, 15) is 8.42 Å². The molecule has 19 heavy (non-hydrogen) atoms. The molecule has 0 rings (SSSR count). The van der Waals surface area contributed by atoms with E-state index >= 15 is 0 Å². The molecule has 2 unspecified atom stereocenters. The van der Waals surface area contributed by atoms with Crippen LogP contribution in [0.3, 0.4) is 0 Å². The third-order valence-corrected chi connectivity index (χ3v) is 3.13. The quantitative estimate of drug-likeness (QED) is 0.417. The Balaban J connectivity index is 4.41. The molecular weight excluding hydrogens is 268 g/mol. The molecule has 0 amide bonds. The fraction of sp³-hybridized carbons (Fsp3) is 0.667. The second kappa shape index (κ2) is 10.1. The summed E-state index contributed by atoms with van der Waals surface area (Å²) in [6.45, 7) is 11.6. The van der Waals surface area contributed by atoms with E-state index in [1.165, 1.54) is 0 Å². The molecule has 112 valence electrons. The van der Waals surface area contributed by atoms with Crippen molar-refractivity contribution >= 4 is 10.4 Å². The predicted molar refractivity (Wildman–Crippen MR) is 75.6 cm³/mol. The maximum Gasteiger partial charge on any atom is 0.402 e. The molecular formula is C12H24N2O4S. The van der Waals surface area contributed by atoms with Crippen LogP contribution in [0.2, 0.25) is 0 Å². The van der Waals surface area contributed by atoms with Crippen LogP contribution in [0.4, 0.5) is 0 Å². The van der Waals surface area contributed by atoms with Gasteiger partial charge in [0, 0.05) is 13.1 Å². The monoisotopic (exact) mass is 292 g/mol. The fourth-order valence-corrected chi connectivity index (χ4v) is 2.25. The predicted octanol–water partition coefficient (Wildman–Crippen LogP) is 1.29. The smallest absolute Gasteiger partial charge is 0.287 e. The summed E-state index contributed by atoms with van der Waals surface area (Å²) in [6, 6.07) is 0. The van der Waals surface area contributed by atoms with Crippen LogP contribution in [0.5, 0.6) is 0 Å². The average molecular weight is 292 g/mol.